The van der Waals surface area contributed by atoms with Crippen molar-refractivity contribution in [1.29, 1.82) is 0 Å². The number of anilines is 1. The third-order valence-electron chi connectivity index (χ3n) is 2.79. The third-order valence-corrected chi connectivity index (χ3v) is 2.79. The maximum Gasteiger partial charge on any atom is 0.339 e. The molecule has 0 bridgehead atoms. The van der Waals surface area contributed by atoms with Gasteiger partial charge in [-0.25, -0.2) is 4.79 Å². The third kappa shape index (κ3) is 3.30. The van der Waals surface area contributed by atoms with Gasteiger partial charge in [0, 0.05) is 5.56 Å². The van der Waals surface area contributed by atoms with Gasteiger partial charge in [-0.3, -0.25) is 4.79 Å². The highest BCUT2D eigenvalue weighted by molar-refractivity contribution is 6.05. The minimum absolute atomic E-state index is 0.262. The second-order valence-electron chi connectivity index (χ2n) is 4.08. The van der Waals surface area contributed by atoms with Crippen molar-refractivity contribution < 1.29 is 14.3 Å². The number of nitrogens with one attached hydrogen (secondary N) is 1. The first-order valence-electron chi connectivity index (χ1n) is 6.08. The predicted molar refractivity (Wildman–Crippen MR) is 77.6 cm³/mol. The van der Waals surface area contributed by atoms with Gasteiger partial charge in [0.25, 0.3) is 0 Å². The van der Waals surface area contributed by atoms with E-state index in [4.69, 9.17) is 4.74 Å². The van der Waals surface area contributed by atoms with Crippen LogP contribution in [0.3, 0.4) is 0 Å². The topological polar surface area (TPSA) is 81.2 Å². The van der Waals surface area contributed by atoms with Gasteiger partial charge in [0.15, 0.2) is 0 Å². The molecule has 1 amide bonds. The van der Waals surface area contributed by atoms with Crippen molar-refractivity contribution in [3.63, 3.8) is 0 Å². The molecule has 0 radical (unpaired) electrons. The number of nitrogens with zero attached hydrogens (tertiary/aromatic N) is 2. The lowest BCUT2D eigenvalue weighted by Crippen LogP contribution is -2.12. The Hall–Kier alpha value is -3.02. The minimum Gasteiger partial charge on any atom is -0.465 e. The number of methoxy groups -OCH3 is 1. The number of amides is 1. The molecule has 1 N–H and O–H groups in total. The molecule has 106 valence electrons. The molecule has 0 fully saturated rings. The number of benzene rings is 1. The van der Waals surface area contributed by atoms with Crippen LogP contribution in [0.2, 0.25) is 0 Å². The lowest BCUT2D eigenvalue weighted by molar-refractivity contribution is -0.111. The normalized spacial score (nSPS) is 9.76. The first kappa shape index (κ1) is 14.4. The van der Waals surface area contributed by atoms with Gasteiger partial charge in [0.2, 0.25) is 5.91 Å². The van der Waals surface area contributed by atoms with E-state index in [0.717, 1.165) is 17.2 Å². The first-order valence-corrected chi connectivity index (χ1v) is 6.08. The number of carbonyl (C=O) groups excluding carboxylic acids is 2. The van der Waals surface area contributed by atoms with Crippen molar-refractivity contribution in [2.45, 2.75) is 0 Å². The smallest absolute Gasteiger partial charge is 0.339 e. The van der Waals surface area contributed by atoms with Crippen molar-refractivity contribution >= 4 is 17.6 Å². The largest absolute Gasteiger partial charge is 0.465 e. The molecule has 0 aliphatic rings. The van der Waals surface area contributed by atoms with Crippen molar-refractivity contribution in [1.82, 2.24) is 10.2 Å². The zero-order valence-electron chi connectivity index (χ0n) is 11.4. The van der Waals surface area contributed by atoms with Crippen molar-refractivity contribution in [3.8, 4) is 11.1 Å². The fraction of sp³-hybridized carbons (Fsp3) is 0.0667. The van der Waals surface area contributed by atoms with Gasteiger partial charge in [-0.2, -0.15) is 10.2 Å². The van der Waals surface area contributed by atoms with E-state index in [1.54, 1.807) is 36.7 Å². The first-order chi connectivity index (χ1) is 10.2. The summed E-state index contributed by atoms with van der Waals surface area (Å²) in [6, 6.07) is 6.77. The SMILES string of the molecule is C=CC(=O)Nc1cc(-c2ccnnc2)ccc1C(=O)OC. The Labute approximate surface area is 121 Å². The molecule has 0 spiro atoms. The molecule has 0 saturated carbocycles. The van der Waals surface area contributed by atoms with E-state index in [2.05, 4.69) is 22.1 Å². The Kier molecular flexibility index (Phi) is 4.40. The second-order valence-corrected chi connectivity index (χ2v) is 4.08. The Bertz CT molecular complexity index is 684. The monoisotopic (exact) mass is 283 g/mol. The van der Waals surface area contributed by atoms with E-state index in [9.17, 15) is 9.59 Å². The van der Waals surface area contributed by atoms with E-state index in [1.165, 1.54) is 7.11 Å². The Morgan fingerprint density at radius 1 is 1.24 bits per heavy atom. The van der Waals surface area contributed by atoms with Gasteiger partial charge in [0.1, 0.15) is 0 Å². The standard InChI is InChI=1S/C15H13N3O3/c1-3-14(19)18-13-8-10(11-6-7-16-17-9-11)4-5-12(13)15(20)21-2/h3-9H,1H2,2H3,(H,18,19). The minimum atomic E-state index is -0.534. The quantitative estimate of drug-likeness (QED) is 0.686. The van der Waals surface area contributed by atoms with Crippen LogP contribution < -0.4 is 5.32 Å². The van der Waals surface area contributed by atoms with Gasteiger partial charge < -0.3 is 10.1 Å². The molecular weight excluding hydrogens is 270 g/mol. The van der Waals surface area contributed by atoms with Crippen LogP contribution in [-0.2, 0) is 9.53 Å². The van der Waals surface area contributed by atoms with Crippen molar-refractivity contribution in [3.05, 3.63) is 54.9 Å². The maximum atomic E-state index is 11.7. The summed E-state index contributed by atoms with van der Waals surface area (Å²) in [5, 5.41) is 10.1. The van der Waals surface area contributed by atoms with Crippen LogP contribution in [0.15, 0.2) is 49.3 Å². The highest BCUT2D eigenvalue weighted by atomic mass is 16.5. The zero-order chi connectivity index (χ0) is 15.2. The van der Waals surface area contributed by atoms with Crippen molar-refractivity contribution in [2.75, 3.05) is 12.4 Å². The Morgan fingerprint density at radius 3 is 2.67 bits per heavy atom. The van der Waals surface area contributed by atoms with Crippen LogP contribution in [0.25, 0.3) is 11.1 Å². The number of ether oxygens (including phenoxy) is 1. The average molecular weight is 283 g/mol. The van der Waals surface area contributed by atoms with Crippen LogP contribution in [0.1, 0.15) is 10.4 Å². The molecule has 2 aromatic rings. The molecule has 1 heterocycles. The van der Waals surface area contributed by atoms with E-state index < -0.39 is 11.9 Å². The fourth-order valence-corrected chi connectivity index (χ4v) is 1.76. The molecule has 21 heavy (non-hydrogen) atoms. The highest BCUT2D eigenvalue weighted by Gasteiger charge is 2.14. The molecular formula is C15H13N3O3. The lowest BCUT2D eigenvalue weighted by atomic mass is 10.0. The Balaban J connectivity index is 2.48. The summed E-state index contributed by atoms with van der Waals surface area (Å²) >= 11 is 0. The van der Waals surface area contributed by atoms with Gasteiger partial charge in [-0.1, -0.05) is 12.6 Å². The van der Waals surface area contributed by atoms with Gasteiger partial charge in [0.05, 0.1) is 30.8 Å². The van der Waals surface area contributed by atoms with E-state index in [-0.39, 0.29) is 5.56 Å². The Morgan fingerprint density at radius 2 is 2.05 bits per heavy atom. The van der Waals surface area contributed by atoms with Gasteiger partial charge in [-0.05, 0) is 29.8 Å². The predicted octanol–water partition coefficient (Wildman–Crippen LogP) is 2.05. The number of aromatic nitrogens is 2. The van der Waals surface area contributed by atoms with Crippen LogP contribution in [-0.4, -0.2) is 29.2 Å². The molecule has 0 aliphatic carbocycles. The summed E-state index contributed by atoms with van der Waals surface area (Å²) in [6.45, 7) is 3.39. The summed E-state index contributed by atoms with van der Waals surface area (Å²) in [6.07, 6.45) is 4.28. The summed E-state index contributed by atoms with van der Waals surface area (Å²) in [7, 11) is 1.28. The highest BCUT2D eigenvalue weighted by Crippen LogP contribution is 2.25. The molecule has 0 saturated heterocycles. The van der Waals surface area contributed by atoms with Gasteiger partial charge in [-0.15, -0.1) is 0 Å². The molecule has 1 aromatic heterocycles. The summed E-state index contributed by atoms with van der Waals surface area (Å²) in [5.74, 6) is -0.945. The molecule has 0 atom stereocenters. The van der Waals surface area contributed by atoms with Crippen LogP contribution in [0.5, 0.6) is 0 Å². The van der Waals surface area contributed by atoms with Gasteiger partial charge >= 0.3 is 5.97 Å². The molecule has 0 unspecified atom stereocenters. The number of hydrogen-bond donors (Lipinski definition) is 1. The number of rotatable bonds is 4. The summed E-state index contributed by atoms with van der Waals surface area (Å²) in [4.78, 5) is 23.2. The van der Waals surface area contributed by atoms with E-state index in [1.807, 2.05) is 0 Å². The van der Waals surface area contributed by atoms with Crippen LogP contribution >= 0.6 is 0 Å². The van der Waals surface area contributed by atoms with E-state index >= 15 is 0 Å². The fourth-order valence-electron chi connectivity index (χ4n) is 1.76. The molecule has 6 nitrogen and oxygen atoms in total. The molecule has 2 rings (SSSR count). The number of esters is 1. The molecule has 6 heteroatoms. The maximum absolute atomic E-state index is 11.7. The van der Waals surface area contributed by atoms with E-state index in [0.29, 0.717) is 5.69 Å². The number of hydrogen-bond acceptors (Lipinski definition) is 5. The zero-order valence-corrected chi connectivity index (χ0v) is 11.4. The lowest BCUT2D eigenvalue weighted by Gasteiger charge is -2.10. The average Bonchev–Trinajstić information content (AvgIpc) is 2.54. The second kappa shape index (κ2) is 6.42. The van der Waals surface area contributed by atoms with Crippen LogP contribution in [0, 0.1) is 0 Å². The summed E-state index contributed by atoms with van der Waals surface area (Å²) < 4.78 is 4.70. The molecule has 1 aromatic carbocycles. The van der Waals surface area contributed by atoms with Crippen LogP contribution in [0.4, 0.5) is 5.69 Å². The number of carbonyl (C=O) groups is 2. The molecule has 0 aliphatic heterocycles. The summed E-state index contributed by atoms with van der Waals surface area (Å²) in [5.41, 5.74) is 2.21. The van der Waals surface area contributed by atoms with Crippen molar-refractivity contribution in [2.24, 2.45) is 0 Å².